The number of benzene rings is 1. The van der Waals surface area contributed by atoms with Crippen molar-refractivity contribution in [1.82, 2.24) is 4.57 Å². The third kappa shape index (κ3) is 5.55. The first kappa shape index (κ1) is 19.4. The van der Waals surface area contributed by atoms with Crippen LogP contribution in [0.15, 0.2) is 36.5 Å². The number of nitrogens with zero attached hydrogens (tertiary/aromatic N) is 1. The number of unbranched alkanes of at least 4 members (excludes halogenated alkanes) is 1. The van der Waals surface area contributed by atoms with Crippen LogP contribution in [0.5, 0.6) is 0 Å². The molecule has 0 bridgehead atoms. The Kier molecular flexibility index (Phi) is 5.87. The average Bonchev–Trinajstić information content (AvgIpc) is 2.80. The van der Waals surface area contributed by atoms with Crippen molar-refractivity contribution in [3.05, 3.63) is 42.1 Å². The molecule has 1 aromatic heterocycles. The molecule has 1 aromatic carbocycles. The standard InChI is InChI=1S/C22H35N3/c1-8-9-13-17-16-25(18-14-11-10-12-15-18)20(24-22(5,6)7)19(17)23-21(2,3)4/h10-12,14-16,23-24H,8-9,13H2,1-7H3. The van der Waals surface area contributed by atoms with E-state index < -0.39 is 0 Å². The number of hydrogen-bond acceptors (Lipinski definition) is 2. The van der Waals surface area contributed by atoms with Crippen LogP contribution in [-0.2, 0) is 6.42 Å². The van der Waals surface area contributed by atoms with Gasteiger partial charge in [0, 0.05) is 23.0 Å². The van der Waals surface area contributed by atoms with Gasteiger partial charge in [0.2, 0.25) is 0 Å². The van der Waals surface area contributed by atoms with Crippen molar-refractivity contribution in [2.75, 3.05) is 10.6 Å². The topological polar surface area (TPSA) is 29.0 Å². The van der Waals surface area contributed by atoms with E-state index in [0.29, 0.717) is 0 Å². The smallest absolute Gasteiger partial charge is 0.135 e. The maximum Gasteiger partial charge on any atom is 0.135 e. The molecule has 2 aromatic rings. The number of aryl methyl sites for hydroxylation is 1. The zero-order valence-electron chi connectivity index (χ0n) is 17.0. The summed E-state index contributed by atoms with van der Waals surface area (Å²) >= 11 is 0. The van der Waals surface area contributed by atoms with Crippen LogP contribution in [0.25, 0.3) is 5.69 Å². The third-order valence-corrected chi connectivity index (χ3v) is 3.91. The molecule has 0 aliphatic rings. The number of rotatable bonds is 6. The molecular weight excluding hydrogens is 306 g/mol. The van der Waals surface area contributed by atoms with Gasteiger partial charge in [-0.25, -0.2) is 0 Å². The van der Waals surface area contributed by atoms with E-state index in [-0.39, 0.29) is 11.1 Å². The third-order valence-electron chi connectivity index (χ3n) is 3.91. The average molecular weight is 342 g/mol. The van der Waals surface area contributed by atoms with Crippen molar-refractivity contribution in [3.8, 4) is 5.69 Å². The summed E-state index contributed by atoms with van der Waals surface area (Å²) in [6.45, 7) is 15.5. The fourth-order valence-electron chi connectivity index (χ4n) is 2.90. The van der Waals surface area contributed by atoms with Gasteiger partial charge < -0.3 is 15.2 Å². The Labute approximate surface area is 153 Å². The van der Waals surface area contributed by atoms with Crippen LogP contribution in [-0.4, -0.2) is 15.6 Å². The second-order valence-corrected chi connectivity index (χ2v) is 8.94. The summed E-state index contributed by atoms with van der Waals surface area (Å²) in [5, 5.41) is 7.49. The fraction of sp³-hybridized carbons (Fsp3) is 0.545. The van der Waals surface area contributed by atoms with Crippen LogP contribution in [0.1, 0.15) is 66.9 Å². The molecule has 25 heavy (non-hydrogen) atoms. The van der Waals surface area contributed by atoms with Gasteiger partial charge in [-0.2, -0.15) is 0 Å². The Morgan fingerprint density at radius 2 is 1.48 bits per heavy atom. The number of nitrogens with one attached hydrogen (secondary N) is 2. The highest BCUT2D eigenvalue weighted by Gasteiger charge is 2.23. The van der Waals surface area contributed by atoms with Crippen molar-refractivity contribution in [3.63, 3.8) is 0 Å². The van der Waals surface area contributed by atoms with Crippen molar-refractivity contribution in [1.29, 1.82) is 0 Å². The highest BCUT2D eigenvalue weighted by molar-refractivity contribution is 5.74. The fourth-order valence-corrected chi connectivity index (χ4v) is 2.90. The van der Waals surface area contributed by atoms with E-state index in [9.17, 15) is 0 Å². The lowest BCUT2D eigenvalue weighted by molar-refractivity contribution is 0.619. The first-order chi connectivity index (χ1) is 11.6. The maximum atomic E-state index is 3.76. The summed E-state index contributed by atoms with van der Waals surface area (Å²) in [6.07, 6.45) is 5.79. The molecular formula is C22H35N3. The Morgan fingerprint density at radius 3 is 2.00 bits per heavy atom. The number of aromatic nitrogens is 1. The molecule has 0 saturated carbocycles. The summed E-state index contributed by atoms with van der Waals surface area (Å²) in [5.74, 6) is 1.15. The van der Waals surface area contributed by atoms with Crippen molar-refractivity contribution in [2.24, 2.45) is 0 Å². The van der Waals surface area contributed by atoms with Crippen molar-refractivity contribution in [2.45, 2.75) is 78.8 Å². The van der Waals surface area contributed by atoms with Gasteiger partial charge in [-0.1, -0.05) is 31.5 Å². The summed E-state index contributed by atoms with van der Waals surface area (Å²) < 4.78 is 2.30. The minimum atomic E-state index is -0.0127. The van der Waals surface area contributed by atoms with Gasteiger partial charge in [0.1, 0.15) is 5.82 Å². The Hall–Kier alpha value is -1.90. The van der Waals surface area contributed by atoms with Gasteiger partial charge in [-0.3, -0.25) is 0 Å². The summed E-state index contributed by atoms with van der Waals surface area (Å²) in [4.78, 5) is 0. The van der Waals surface area contributed by atoms with Crippen LogP contribution in [0.3, 0.4) is 0 Å². The van der Waals surface area contributed by atoms with Gasteiger partial charge in [0.15, 0.2) is 0 Å². The molecule has 0 aliphatic heterocycles. The normalized spacial score (nSPS) is 12.3. The van der Waals surface area contributed by atoms with Crippen LogP contribution >= 0.6 is 0 Å². The molecule has 2 N–H and O–H groups in total. The molecule has 0 aliphatic carbocycles. The van der Waals surface area contributed by atoms with E-state index in [0.717, 1.165) is 12.2 Å². The number of anilines is 2. The lowest BCUT2D eigenvalue weighted by Gasteiger charge is -2.28. The molecule has 2 rings (SSSR count). The summed E-state index contributed by atoms with van der Waals surface area (Å²) in [5.41, 5.74) is 3.81. The van der Waals surface area contributed by atoms with E-state index in [1.165, 1.54) is 29.8 Å². The lowest BCUT2D eigenvalue weighted by Crippen LogP contribution is -2.31. The van der Waals surface area contributed by atoms with E-state index in [4.69, 9.17) is 0 Å². The van der Waals surface area contributed by atoms with E-state index in [1.54, 1.807) is 0 Å². The van der Waals surface area contributed by atoms with Crippen molar-refractivity contribution >= 4 is 11.5 Å². The first-order valence-corrected chi connectivity index (χ1v) is 9.47. The van der Waals surface area contributed by atoms with Crippen LogP contribution < -0.4 is 10.6 Å². The molecule has 138 valence electrons. The van der Waals surface area contributed by atoms with E-state index in [2.05, 4.69) is 100 Å². The largest absolute Gasteiger partial charge is 0.377 e. The van der Waals surface area contributed by atoms with Crippen LogP contribution in [0.2, 0.25) is 0 Å². The molecule has 1 heterocycles. The number of hydrogen-bond donors (Lipinski definition) is 2. The molecule has 0 radical (unpaired) electrons. The predicted octanol–water partition coefficient (Wildman–Crippen LogP) is 6.24. The van der Waals surface area contributed by atoms with Gasteiger partial charge in [-0.05, 0) is 72.1 Å². The van der Waals surface area contributed by atoms with Crippen LogP contribution in [0, 0.1) is 0 Å². The molecule has 0 fully saturated rings. The Bertz CT molecular complexity index is 670. The SMILES string of the molecule is CCCCc1cn(-c2ccccc2)c(NC(C)(C)C)c1NC(C)(C)C. The zero-order valence-corrected chi connectivity index (χ0v) is 17.0. The highest BCUT2D eigenvalue weighted by atomic mass is 15.2. The Morgan fingerprint density at radius 1 is 0.880 bits per heavy atom. The molecule has 3 nitrogen and oxygen atoms in total. The minimum Gasteiger partial charge on any atom is -0.377 e. The van der Waals surface area contributed by atoms with Gasteiger partial charge in [-0.15, -0.1) is 0 Å². The molecule has 0 amide bonds. The molecule has 0 saturated heterocycles. The summed E-state index contributed by atoms with van der Waals surface area (Å²) in [7, 11) is 0. The molecule has 3 heteroatoms. The van der Waals surface area contributed by atoms with E-state index >= 15 is 0 Å². The van der Waals surface area contributed by atoms with Gasteiger partial charge >= 0.3 is 0 Å². The second-order valence-electron chi connectivity index (χ2n) is 8.94. The van der Waals surface area contributed by atoms with Gasteiger partial charge in [0.05, 0.1) is 5.69 Å². The maximum absolute atomic E-state index is 3.76. The first-order valence-electron chi connectivity index (χ1n) is 9.47. The number of para-hydroxylation sites is 1. The van der Waals surface area contributed by atoms with Gasteiger partial charge in [0.25, 0.3) is 0 Å². The molecule has 0 spiro atoms. The van der Waals surface area contributed by atoms with Crippen molar-refractivity contribution < 1.29 is 0 Å². The van der Waals surface area contributed by atoms with E-state index in [1.807, 2.05) is 0 Å². The van der Waals surface area contributed by atoms with Crippen LogP contribution in [0.4, 0.5) is 11.5 Å². The molecule has 0 atom stereocenters. The summed E-state index contributed by atoms with van der Waals surface area (Å²) in [6, 6.07) is 10.6. The zero-order chi connectivity index (χ0) is 18.7. The quantitative estimate of drug-likeness (QED) is 0.651. The predicted molar refractivity (Wildman–Crippen MR) is 111 cm³/mol. The monoisotopic (exact) mass is 341 g/mol. The Balaban J connectivity index is 2.60. The minimum absolute atomic E-state index is 0.0121. The molecule has 0 unspecified atom stereocenters. The highest BCUT2D eigenvalue weighted by Crippen LogP contribution is 2.36. The lowest BCUT2D eigenvalue weighted by atomic mass is 10.0. The second kappa shape index (κ2) is 7.55.